The van der Waals surface area contributed by atoms with Crippen molar-refractivity contribution >= 4 is 27.5 Å². The molecule has 5 heteroatoms. The van der Waals surface area contributed by atoms with E-state index in [0.29, 0.717) is 4.47 Å². The lowest BCUT2D eigenvalue weighted by Gasteiger charge is -2.23. The van der Waals surface area contributed by atoms with Crippen LogP contribution in [0.4, 0.5) is 10.1 Å². The third-order valence-electron chi connectivity index (χ3n) is 3.05. The van der Waals surface area contributed by atoms with Crippen LogP contribution in [-0.4, -0.2) is 18.0 Å². The van der Waals surface area contributed by atoms with E-state index in [-0.39, 0.29) is 11.6 Å². The molecule has 1 unspecified atom stereocenters. The lowest BCUT2D eigenvalue weighted by atomic mass is 9.99. The zero-order valence-electron chi connectivity index (χ0n) is 9.52. The fourth-order valence-corrected chi connectivity index (χ4v) is 2.27. The molecule has 1 heterocycles. The SMILES string of the molecule is CC1(C(=O)Nc2ccc(Br)cc2F)CCCN1. The number of hydrogen-bond donors (Lipinski definition) is 2. The second-order valence-electron chi connectivity index (χ2n) is 4.44. The summed E-state index contributed by atoms with van der Waals surface area (Å²) in [4.78, 5) is 12.0. The minimum absolute atomic E-state index is 0.184. The Balaban J connectivity index is 2.13. The highest BCUT2D eigenvalue weighted by molar-refractivity contribution is 9.10. The van der Waals surface area contributed by atoms with Gasteiger partial charge in [-0.3, -0.25) is 4.79 Å². The van der Waals surface area contributed by atoms with Crippen LogP contribution in [0.3, 0.4) is 0 Å². The van der Waals surface area contributed by atoms with Crippen molar-refractivity contribution < 1.29 is 9.18 Å². The molecule has 1 fully saturated rings. The predicted molar refractivity (Wildman–Crippen MR) is 68.4 cm³/mol. The Morgan fingerprint density at radius 2 is 2.35 bits per heavy atom. The van der Waals surface area contributed by atoms with Gasteiger partial charge < -0.3 is 10.6 Å². The van der Waals surface area contributed by atoms with Crippen LogP contribution >= 0.6 is 15.9 Å². The Morgan fingerprint density at radius 3 is 2.94 bits per heavy atom. The fraction of sp³-hybridized carbons (Fsp3) is 0.417. The summed E-state index contributed by atoms with van der Waals surface area (Å²) in [5.41, 5.74) is -0.368. The van der Waals surface area contributed by atoms with Crippen LogP contribution in [0.15, 0.2) is 22.7 Å². The maximum atomic E-state index is 13.6. The van der Waals surface area contributed by atoms with Gasteiger partial charge in [0.15, 0.2) is 0 Å². The molecule has 1 atom stereocenters. The molecule has 1 saturated heterocycles. The van der Waals surface area contributed by atoms with Gasteiger partial charge >= 0.3 is 0 Å². The molecule has 0 bridgehead atoms. The van der Waals surface area contributed by atoms with Crippen molar-refractivity contribution in [1.82, 2.24) is 5.32 Å². The molecule has 1 aromatic carbocycles. The number of rotatable bonds is 2. The first-order valence-corrected chi connectivity index (χ1v) is 6.32. The van der Waals surface area contributed by atoms with Gasteiger partial charge in [-0.15, -0.1) is 0 Å². The van der Waals surface area contributed by atoms with E-state index >= 15 is 0 Å². The summed E-state index contributed by atoms with van der Waals surface area (Å²) in [6, 6.07) is 4.58. The Hall–Kier alpha value is -0.940. The van der Waals surface area contributed by atoms with Crippen LogP contribution in [0, 0.1) is 5.82 Å². The van der Waals surface area contributed by atoms with Gasteiger partial charge in [0.1, 0.15) is 5.82 Å². The molecule has 1 aliphatic heterocycles. The highest BCUT2D eigenvalue weighted by atomic mass is 79.9. The largest absolute Gasteiger partial charge is 0.322 e. The van der Waals surface area contributed by atoms with Crippen molar-refractivity contribution in [2.45, 2.75) is 25.3 Å². The number of benzene rings is 1. The second kappa shape index (κ2) is 4.74. The van der Waals surface area contributed by atoms with Gasteiger partial charge in [-0.2, -0.15) is 0 Å². The number of hydrogen-bond acceptors (Lipinski definition) is 2. The van der Waals surface area contributed by atoms with Gasteiger partial charge in [0.05, 0.1) is 11.2 Å². The molecule has 2 rings (SSSR count). The van der Waals surface area contributed by atoms with Crippen molar-refractivity contribution in [2.75, 3.05) is 11.9 Å². The number of halogens is 2. The fourth-order valence-electron chi connectivity index (χ4n) is 1.94. The van der Waals surface area contributed by atoms with Crippen molar-refractivity contribution in [3.63, 3.8) is 0 Å². The van der Waals surface area contributed by atoms with E-state index in [9.17, 15) is 9.18 Å². The number of anilines is 1. The maximum absolute atomic E-state index is 13.6. The summed E-state index contributed by atoms with van der Waals surface area (Å²) in [5, 5.41) is 5.76. The van der Waals surface area contributed by atoms with E-state index in [1.54, 1.807) is 12.1 Å². The molecule has 3 nitrogen and oxygen atoms in total. The summed E-state index contributed by atoms with van der Waals surface area (Å²) in [5.74, 6) is -0.620. The molecular weight excluding hydrogens is 287 g/mol. The van der Waals surface area contributed by atoms with Gasteiger partial charge in [0.25, 0.3) is 0 Å². The Bertz CT molecular complexity index is 444. The van der Waals surface area contributed by atoms with Crippen molar-refractivity contribution in [3.8, 4) is 0 Å². The van der Waals surface area contributed by atoms with Crippen LogP contribution < -0.4 is 10.6 Å². The molecule has 0 spiro atoms. The lowest BCUT2D eigenvalue weighted by molar-refractivity contribution is -0.121. The van der Waals surface area contributed by atoms with Gasteiger partial charge in [-0.05, 0) is 44.5 Å². The monoisotopic (exact) mass is 300 g/mol. The van der Waals surface area contributed by atoms with E-state index in [1.165, 1.54) is 6.07 Å². The van der Waals surface area contributed by atoms with Crippen molar-refractivity contribution in [2.24, 2.45) is 0 Å². The zero-order valence-corrected chi connectivity index (χ0v) is 11.1. The normalized spacial score (nSPS) is 23.7. The molecule has 1 amide bonds. The smallest absolute Gasteiger partial charge is 0.244 e. The third kappa shape index (κ3) is 2.66. The van der Waals surface area contributed by atoms with Crippen LogP contribution in [0.1, 0.15) is 19.8 Å². The summed E-state index contributed by atoms with van der Waals surface area (Å²) in [7, 11) is 0. The molecule has 2 N–H and O–H groups in total. The first kappa shape index (κ1) is 12.5. The van der Waals surface area contributed by atoms with E-state index in [4.69, 9.17) is 0 Å². The summed E-state index contributed by atoms with van der Waals surface area (Å²) in [6.45, 7) is 2.67. The Morgan fingerprint density at radius 1 is 1.59 bits per heavy atom. The lowest BCUT2D eigenvalue weighted by Crippen LogP contribution is -2.48. The molecule has 0 radical (unpaired) electrons. The minimum atomic E-state index is -0.584. The van der Waals surface area contributed by atoms with Gasteiger partial charge in [-0.1, -0.05) is 15.9 Å². The van der Waals surface area contributed by atoms with Gasteiger partial charge in [-0.25, -0.2) is 4.39 Å². The topological polar surface area (TPSA) is 41.1 Å². The molecule has 17 heavy (non-hydrogen) atoms. The predicted octanol–water partition coefficient (Wildman–Crippen LogP) is 2.67. The molecule has 0 aromatic heterocycles. The highest BCUT2D eigenvalue weighted by Gasteiger charge is 2.36. The number of nitrogens with one attached hydrogen (secondary N) is 2. The van der Waals surface area contributed by atoms with E-state index in [0.717, 1.165) is 19.4 Å². The maximum Gasteiger partial charge on any atom is 0.244 e. The number of amides is 1. The minimum Gasteiger partial charge on any atom is -0.322 e. The average Bonchev–Trinajstić information content (AvgIpc) is 2.71. The Labute approximate surface area is 108 Å². The molecule has 0 aliphatic carbocycles. The third-order valence-corrected chi connectivity index (χ3v) is 3.54. The molecule has 1 aromatic rings. The average molecular weight is 301 g/mol. The van der Waals surface area contributed by atoms with Crippen LogP contribution in [0.25, 0.3) is 0 Å². The molecule has 92 valence electrons. The first-order chi connectivity index (χ1) is 8.01. The van der Waals surface area contributed by atoms with Crippen molar-refractivity contribution in [1.29, 1.82) is 0 Å². The summed E-state index contributed by atoms with van der Waals surface area (Å²) >= 11 is 3.17. The van der Waals surface area contributed by atoms with Crippen molar-refractivity contribution in [3.05, 3.63) is 28.5 Å². The number of carbonyl (C=O) groups is 1. The molecule has 1 aliphatic rings. The van der Waals surface area contributed by atoms with Crippen LogP contribution in [-0.2, 0) is 4.79 Å². The van der Waals surface area contributed by atoms with Gasteiger partial charge in [0, 0.05) is 4.47 Å². The van der Waals surface area contributed by atoms with Crippen LogP contribution in [0.2, 0.25) is 0 Å². The van der Waals surface area contributed by atoms with E-state index < -0.39 is 11.4 Å². The first-order valence-electron chi connectivity index (χ1n) is 5.53. The molecular formula is C12H14BrFN2O. The zero-order chi connectivity index (χ0) is 12.5. The highest BCUT2D eigenvalue weighted by Crippen LogP contribution is 2.23. The van der Waals surface area contributed by atoms with Gasteiger partial charge in [0.2, 0.25) is 5.91 Å². The number of carbonyl (C=O) groups excluding carboxylic acids is 1. The standard InChI is InChI=1S/C12H14BrFN2O/c1-12(5-2-6-15-12)11(17)16-10-4-3-8(13)7-9(10)14/h3-4,7,15H,2,5-6H2,1H3,(H,16,17). The quantitative estimate of drug-likeness (QED) is 0.882. The van der Waals surface area contributed by atoms with E-state index in [1.807, 2.05) is 6.92 Å². The molecule has 0 saturated carbocycles. The Kier molecular flexibility index (Phi) is 3.49. The summed E-state index contributed by atoms with van der Waals surface area (Å²) in [6.07, 6.45) is 1.74. The van der Waals surface area contributed by atoms with E-state index in [2.05, 4.69) is 26.6 Å². The second-order valence-corrected chi connectivity index (χ2v) is 5.36. The summed E-state index contributed by atoms with van der Waals surface area (Å²) < 4.78 is 14.2. The van der Waals surface area contributed by atoms with Crippen LogP contribution in [0.5, 0.6) is 0 Å².